The maximum Gasteiger partial charge on any atom is 0.266 e. The molecule has 1 amide bonds. The van der Waals surface area contributed by atoms with Crippen molar-refractivity contribution in [2.24, 2.45) is 0 Å². The van der Waals surface area contributed by atoms with E-state index in [2.05, 4.69) is 10.4 Å². The number of rotatable bonds is 7. The number of nitrogens with zero attached hydrogens (tertiary/aromatic N) is 2. The number of carbonyl (C=O) groups is 1. The van der Waals surface area contributed by atoms with Crippen molar-refractivity contribution >= 4 is 5.91 Å². The van der Waals surface area contributed by atoms with Gasteiger partial charge in [-0.05, 0) is 30.2 Å². The molecule has 0 radical (unpaired) electrons. The van der Waals surface area contributed by atoms with Crippen molar-refractivity contribution < 1.29 is 9.21 Å². The molecule has 1 aromatic carbocycles. The Kier molecular flexibility index (Phi) is 5.41. The van der Waals surface area contributed by atoms with E-state index in [0.29, 0.717) is 37.4 Å². The van der Waals surface area contributed by atoms with E-state index in [1.165, 1.54) is 10.7 Å². The summed E-state index contributed by atoms with van der Waals surface area (Å²) in [6, 6.07) is 16.4. The van der Waals surface area contributed by atoms with E-state index in [0.717, 1.165) is 5.56 Å². The molecule has 6 nitrogen and oxygen atoms in total. The molecule has 3 rings (SSSR count). The van der Waals surface area contributed by atoms with E-state index in [9.17, 15) is 9.59 Å². The van der Waals surface area contributed by atoms with Gasteiger partial charge in [0, 0.05) is 25.6 Å². The smallest absolute Gasteiger partial charge is 0.266 e. The molecule has 0 unspecified atom stereocenters. The van der Waals surface area contributed by atoms with Gasteiger partial charge in [0.15, 0.2) is 5.76 Å². The van der Waals surface area contributed by atoms with Gasteiger partial charge in [-0.15, -0.1) is 0 Å². The van der Waals surface area contributed by atoms with E-state index in [4.69, 9.17) is 4.42 Å². The van der Waals surface area contributed by atoms with E-state index in [1.54, 1.807) is 24.5 Å². The van der Waals surface area contributed by atoms with Crippen molar-refractivity contribution in [3.05, 3.63) is 76.8 Å². The summed E-state index contributed by atoms with van der Waals surface area (Å²) < 4.78 is 6.65. The molecule has 0 fully saturated rings. The lowest BCUT2D eigenvalue weighted by Crippen LogP contribution is -2.25. The predicted molar refractivity (Wildman–Crippen MR) is 93.7 cm³/mol. The van der Waals surface area contributed by atoms with Gasteiger partial charge in [-0.2, -0.15) is 5.10 Å². The number of benzene rings is 1. The summed E-state index contributed by atoms with van der Waals surface area (Å²) in [5.74, 6) is 0.563. The maximum atomic E-state index is 11.9. The molecular weight excluding hydrogens is 318 g/mol. The molecule has 3 aromatic rings. The van der Waals surface area contributed by atoms with Crippen molar-refractivity contribution in [3.63, 3.8) is 0 Å². The fourth-order valence-corrected chi connectivity index (χ4v) is 2.44. The molecule has 0 atom stereocenters. The van der Waals surface area contributed by atoms with Crippen LogP contribution in [0.1, 0.15) is 18.4 Å². The second-order valence-electron chi connectivity index (χ2n) is 5.62. The normalized spacial score (nSPS) is 10.6. The van der Waals surface area contributed by atoms with Crippen LogP contribution in [0, 0.1) is 0 Å². The Hall–Kier alpha value is -3.15. The van der Waals surface area contributed by atoms with Crippen molar-refractivity contribution in [2.75, 3.05) is 0 Å². The minimum absolute atomic E-state index is 0.0425. The van der Waals surface area contributed by atoms with E-state index >= 15 is 0 Å². The summed E-state index contributed by atoms with van der Waals surface area (Å²) in [6.45, 7) is 0.887. The molecule has 0 aliphatic rings. The molecule has 0 aliphatic carbocycles. The first-order chi connectivity index (χ1) is 12.2. The highest BCUT2D eigenvalue weighted by Crippen LogP contribution is 2.15. The number of carbonyl (C=O) groups excluding carboxylic acids is 1. The van der Waals surface area contributed by atoms with Gasteiger partial charge in [-0.3, -0.25) is 9.59 Å². The Bertz CT molecular complexity index is 870. The van der Waals surface area contributed by atoms with Gasteiger partial charge < -0.3 is 9.73 Å². The average Bonchev–Trinajstić information content (AvgIpc) is 3.17. The molecule has 0 spiro atoms. The van der Waals surface area contributed by atoms with Gasteiger partial charge in [-0.25, -0.2) is 4.68 Å². The van der Waals surface area contributed by atoms with Gasteiger partial charge in [0.1, 0.15) is 5.69 Å². The Labute approximate surface area is 145 Å². The zero-order chi connectivity index (χ0) is 17.5. The lowest BCUT2D eigenvalue weighted by Gasteiger charge is -2.07. The first kappa shape index (κ1) is 16.7. The number of aromatic nitrogens is 2. The van der Waals surface area contributed by atoms with E-state index in [-0.39, 0.29) is 11.5 Å². The number of hydrogen-bond acceptors (Lipinski definition) is 4. The zero-order valence-corrected chi connectivity index (χ0v) is 13.7. The van der Waals surface area contributed by atoms with Crippen molar-refractivity contribution in [2.45, 2.75) is 25.9 Å². The van der Waals surface area contributed by atoms with Crippen molar-refractivity contribution in [1.82, 2.24) is 15.1 Å². The standard InChI is InChI=1S/C19H19N3O3/c23-18(20-14-15-6-2-1-3-7-15)9-4-12-22-19(24)11-10-16(21-22)17-8-5-13-25-17/h1-3,5-8,10-11,13H,4,9,12,14H2,(H,20,23). The first-order valence-electron chi connectivity index (χ1n) is 8.15. The second-order valence-corrected chi connectivity index (χ2v) is 5.62. The van der Waals surface area contributed by atoms with Gasteiger partial charge in [0.2, 0.25) is 5.91 Å². The van der Waals surface area contributed by atoms with Gasteiger partial charge in [0.05, 0.1) is 6.26 Å². The van der Waals surface area contributed by atoms with Crippen LogP contribution in [0.15, 0.2) is 70.1 Å². The number of amides is 1. The molecule has 0 aliphatic heterocycles. The lowest BCUT2D eigenvalue weighted by molar-refractivity contribution is -0.121. The van der Waals surface area contributed by atoms with Crippen molar-refractivity contribution in [3.8, 4) is 11.5 Å². The Morgan fingerprint density at radius 3 is 2.68 bits per heavy atom. The SMILES string of the molecule is O=C(CCCn1nc(-c2ccco2)ccc1=O)NCc1ccccc1. The molecule has 0 bridgehead atoms. The second kappa shape index (κ2) is 8.10. The highest BCUT2D eigenvalue weighted by molar-refractivity contribution is 5.75. The zero-order valence-electron chi connectivity index (χ0n) is 13.7. The van der Waals surface area contributed by atoms with Gasteiger partial charge in [-0.1, -0.05) is 30.3 Å². The van der Waals surface area contributed by atoms with Crippen LogP contribution in [-0.4, -0.2) is 15.7 Å². The van der Waals surface area contributed by atoms with E-state index in [1.807, 2.05) is 30.3 Å². The molecule has 6 heteroatoms. The molecule has 1 N–H and O–H groups in total. The minimum atomic E-state index is -0.194. The summed E-state index contributed by atoms with van der Waals surface area (Å²) in [7, 11) is 0. The van der Waals surface area contributed by atoms with Crippen LogP contribution in [-0.2, 0) is 17.9 Å². The molecular formula is C19H19N3O3. The number of nitrogens with one attached hydrogen (secondary N) is 1. The lowest BCUT2D eigenvalue weighted by atomic mass is 10.2. The van der Waals surface area contributed by atoms with Crippen LogP contribution in [0.5, 0.6) is 0 Å². The number of furan rings is 1. The third kappa shape index (κ3) is 4.67. The molecule has 0 saturated heterocycles. The van der Waals surface area contributed by atoms with Crippen LogP contribution < -0.4 is 10.9 Å². The summed E-state index contributed by atoms with van der Waals surface area (Å²) in [5.41, 5.74) is 1.46. The Balaban J connectivity index is 1.51. The number of aryl methyl sites for hydroxylation is 1. The molecule has 2 aromatic heterocycles. The fraction of sp³-hybridized carbons (Fsp3) is 0.211. The van der Waals surface area contributed by atoms with Gasteiger partial charge >= 0.3 is 0 Å². The summed E-state index contributed by atoms with van der Waals surface area (Å²) in [6.07, 6.45) is 2.44. The van der Waals surface area contributed by atoms with Crippen LogP contribution in [0.25, 0.3) is 11.5 Å². The average molecular weight is 337 g/mol. The Morgan fingerprint density at radius 1 is 1.08 bits per heavy atom. The minimum Gasteiger partial charge on any atom is -0.463 e. The fourth-order valence-electron chi connectivity index (χ4n) is 2.44. The predicted octanol–water partition coefficient (Wildman–Crippen LogP) is 2.60. The summed E-state index contributed by atoms with van der Waals surface area (Å²) in [5, 5.41) is 7.16. The molecule has 25 heavy (non-hydrogen) atoms. The van der Waals surface area contributed by atoms with Crippen molar-refractivity contribution in [1.29, 1.82) is 0 Å². The van der Waals surface area contributed by atoms with E-state index < -0.39 is 0 Å². The third-order valence-electron chi connectivity index (χ3n) is 3.75. The van der Waals surface area contributed by atoms with Crippen LogP contribution in [0.4, 0.5) is 0 Å². The topological polar surface area (TPSA) is 77.1 Å². The highest BCUT2D eigenvalue weighted by Gasteiger charge is 2.07. The highest BCUT2D eigenvalue weighted by atomic mass is 16.3. The van der Waals surface area contributed by atoms with Crippen LogP contribution in [0.3, 0.4) is 0 Å². The largest absolute Gasteiger partial charge is 0.463 e. The van der Waals surface area contributed by atoms with Crippen LogP contribution >= 0.6 is 0 Å². The summed E-state index contributed by atoms with van der Waals surface area (Å²) >= 11 is 0. The maximum absolute atomic E-state index is 11.9. The monoisotopic (exact) mass is 337 g/mol. The molecule has 0 saturated carbocycles. The summed E-state index contributed by atoms with van der Waals surface area (Å²) in [4.78, 5) is 23.8. The quantitative estimate of drug-likeness (QED) is 0.719. The third-order valence-corrected chi connectivity index (χ3v) is 3.75. The molecule has 128 valence electrons. The van der Waals surface area contributed by atoms with Gasteiger partial charge in [0.25, 0.3) is 5.56 Å². The van der Waals surface area contributed by atoms with Crippen LogP contribution in [0.2, 0.25) is 0 Å². The number of hydrogen-bond donors (Lipinski definition) is 1. The first-order valence-corrected chi connectivity index (χ1v) is 8.15. The molecule has 2 heterocycles. The Morgan fingerprint density at radius 2 is 1.92 bits per heavy atom.